The molecule has 0 saturated carbocycles. The number of benzene rings is 2. The van der Waals surface area contributed by atoms with Crippen LogP contribution in [-0.4, -0.2) is 18.7 Å². The summed E-state index contributed by atoms with van der Waals surface area (Å²) in [5, 5.41) is 0.802. The quantitative estimate of drug-likeness (QED) is 0.529. The molecule has 3 rings (SSSR count). The van der Waals surface area contributed by atoms with E-state index in [0.29, 0.717) is 22.5 Å². The highest BCUT2D eigenvalue weighted by molar-refractivity contribution is 6.15. The van der Waals surface area contributed by atoms with Crippen molar-refractivity contribution in [2.75, 3.05) is 7.11 Å². The number of Topliss-reactive ketones (excluding diaryl/α,β-unsaturated/α-hetero) is 2. The molecule has 0 amide bonds. The molecule has 110 valence electrons. The highest BCUT2D eigenvalue weighted by atomic mass is 16.5. The fourth-order valence-corrected chi connectivity index (χ4v) is 2.34. The van der Waals surface area contributed by atoms with Gasteiger partial charge in [0.2, 0.25) is 0 Å². The van der Waals surface area contributed by atoms with Crippen LogP contribution >= 0.6 is 0 Å². The van der Waals surface area contributed by atoms with Gasteiger partial charge in [-0.2, -0.15) is 0 Å². The van der Waals surface area contributed by atoms with Gasteiger partial charge in [-0.3, -0.25) is 9.59 Å². The summed E-state index contributed by atoms with van der Waals surface area (Å²) in [4.78, 5) is 24.6. The van der Waals surface area contributed by atoms with E-state index in [1.54, 1.807) is 48.7 Å². The van der Waals surface area contributed by atoms with Crippen molar-refractivity contribution in [2.45, 2.75) is 6.42 Å². The smallest absolute Gasteiger partial charge is 0.174 e. The number of carbonyl (C=O) groups is 2. The van der Waals surface area contributed by atoms with E-state index >= 15 is 0 Å². The molecular weight excluding hydrogens is 280 g/mol. The molecule has 0 N–H and O–H groups in total. The molecule has 0 aliphatic carbocycles. The van der Waals surface area contributed by atoms with E-state index in [0.717, 1.165) is 5.39 Å². The molecule has 0 spiro atoms. The van der Waals surface area contributed by atoms with Gasteiger partial charge in [-0.15, -0.1) is 0 Å². The largest absolute Gasteiger partial charge is 0.496 e. The molecule has 2 aromatic carbocycles. The van der Waals surface area contributed by atoms with Crippen molar-refractivity contribution in [3.05, 3.63) is 65.9 Å². The fraction of sp³-hybridized carbons (Fsp3) is 0.111. The Morgan fingerprint density at radius 1 is 1.05 bits per heavy atom. The topological polar surface area (TPSA) is 56.5 Å². The Morgan fingerprint density at radius 3 is 2.55 bits per heavy atom. The van der Waals surface area contributed by atoms with Crippen molar-refractivity contribution in [1.82, 2.24) is 0 Å². The lowest BCUT2D eigenvalue weighted by molar-refractivity contribution is 0.0893. The maximum atomic E-state index is 12.4. The van der Waals surface area contributed by atoms with Crippen molar-refractivity contribution in [3.63, 3.8) is 0 Å². The number of carbonyl (C=O) groups excluding carboxylic acids is 2. The summed E-state index contributed by atoms with van der Waals surface area (Å²) >= 11 is 0. The molecule has 0 atom stereocenters. The molecule has 4 heteroatoms. The van der Waals surface area contributed by atoms with Gasteiger partial charge in [0.15, 0.2) is 11.6 Å². The van der Waals surface area contributed by atoms with Gasteiger partial charge in [-0.25, -0.2) is 0 Å². The third-order valence-corrected chi connectivity index (χ3v) is 3.49. The molecule has 1 heterocycles. The molecule has 0 fully saturated rings. The van der Waals surface area contributed by atoms with E-state index in [4.69, 9.17) is 9.15 Å². The third kappa shape index (κ3) is 2.63. The average Bonchev–Trinajstić information content (AvgIpc) is 3.01. The van der Waals surface area contributed by atoms with Crippen LogP contribution in [0, 0.1) is 0 Å². The molecular formula is C18H14O4. The molecule has 0 aliphatic heterocycles. The first-order valence-electron chi connectivity index (χ1n) is 6.85. The predicted octanol–water partition coefficient (Wildman–Crippen LogP) is 3.90. The van der Waals surface area contributed by atoms with E-state index in [1.807, 2.05) is 6.07 Å². The Bertz CT molecular complexity index is 831. The Balaban J connectivity index is 1.90. The molecule has 0 bridgehead atoms. The minimum Gasteiger partial charge on any atom is -0.496 e. The maximum absolute atomic E-state index is 12.4. The van der Waals surface area contributed by atoms with Gasteiger partial charge in [0.05, 0.1) is 25.4 Å². The minimum atomic E-state index is -0.270. The van der Waals surface area contributed by atoms with E-state index in [2.05, 4.69) is 0 Å². The SMILES string of the molecule is COc1cc2occc2cc1C(=O)CC(=O)c1ccccc1. The fourth-order valence-electron chi connectivity index (χ4n) is 2.34. The summed E-state index contributed by atoms with van der Waals surface area (Å²) in [6.07, 6.45) is 1.36. The lowest BCUT2D eigenvalue weighted by atomic mass is 10.00. The van der Waals surface area contributed by atoms with Crippen LogP contribution in [0.4, 0.5) is 0 Å². The van der Waals surface area contributed by atoms with Crippen LogP contribution in [0.1, 0.15) is 27.1 Å². The maximum Gasteiger partial charge on any atom is 0.174 e. The van der Waals surface area contributed by atoms with E-state index < -0.39 is 0 Å². The van der Waals surface area contributed by atoms with Crippen molar-refractivity contribution >= 4 is 22.5 Å². The van der Waals surface area contributed by atoms with E-state index in [9.17, 15) is 9.59 Å². The molecule has 0 unspecified atom stereocenters. The van der Waals surface area contributed by atoms with Gasteiger partial charge < -0.3 is 9.15 Å². The monoisotopic (exact) mass is 294 g/mol. The Hall–Kier alpha value is -2.88. The zero-order chi connectivity index (χ0) is 15.5. The second-order valence-corrected chi connectivity index (χ2v) is 4.90. The average molecular weight is 294 g/mol. The first-order valence-corrected chi connectivity index (χ1v) is 6.85. The van der Waals surface area contributed by atoms with Crippen LogP contribution in [0.3, 0.4) is 0 Å². The summed E-state index contributed by atoms with van der Waals surface area (Å²) in [6.45, 7) is 0. The van der Waals surface area contributed by atoms with Crippen LogP contribution in [0.5, 0.6) is 5.75 Å². The predicted molar refractivity (Wildman–Crippen MR) is 82.5 cm³/mol. The number of fused-ring (bicyclic) bond motifs is 1. The van der Waals surface area contributed by atoms with Gasteiger partial charge in [-0.1, -0.05) is 30.3 Å². The second kappa shape index (κ2) is 5.85. The van der Waals surface area contributed by atoms with Crippen LogP contribution in [-0.2, 0) is 0 Å². The minimum absolute atomic E-state index is 0.191. The van der Waals surface area contributed by atoms with Crippen LogP contribution in [0.25, 0.3) is 11.0 Å². The first-order chi connectivity index (χ1) is 10.7. The molecule has 0 aliphatic rings. The van der Waals surface area contributed by atoms with Crippen LogP contribution in [0.2, 0.25) is 0 Å². The molecule has 0 saturated heterocycles. The van der Waals surface area contributed by atoms with Crippen molar-refractivity contribution in [2.24, 2.45) is 0 Å². The van der Waals surface area contributed by atoms with E-state index in [-0.39, 0.29) is 18.0 Å². The number of methoxy groups -OCH3 is 1. The normalized spacial score (nSPS) is 10.6. The molecule has 1 aromatic heterocycles. The Labute approximate surface area is 127 Å². The first kappa shape index (κ1) is 14.1. The molecule has 3 aromatic rings. The Morgan fingerprint density at radius 2 is 1.82 bits per heavy atom. The van der Waals surface area contributed by atoms with E-state index in [1.165, 1.54) is 7.11 Å². The van der Waals surface area contributed by atoms with Gasteiger partial charge in [0, 0.05) is 17.0 Å². The standard InChI is InChI=1S/C18H14O4/c1-21-18-11-17-13(7-8-22-17)9-14(18)16(20)10-15(19)12-5-3-2-4-6-12/h2-9,11H,10H2,1H3. The summed E-state index contributed by atoms with van der Waals surface area (Å²) in [6, 6.07) is 13.9. The van der Waals surface area contributed by atoms with Crippen molar-refractivity contribution < 1.29 is 18.7 Å². The second-order valence-electron chi connectivity index (χ2n) is 4.90. The van der Waals surface area contributed by atoms with Gasteiger partial charge in [-0.05, 0) is 12.1 Å². The summed E-state index contributed by atoms with van der Waals surface area (Å²) in [5.74, 6) is -0.0675. The summed E-state index contributed by atoms with van der Waals surface area (Å²) in [5.41, 5.74) is 1.56. The number of furan rings is 1. The van der Waals surface area contributed by atoms with Gasteiger partial charge in [0.1, 0.15) is 11.3 Å². The number of rotatable bonds is 5. The third-order valence-electron chi connectivity index (χ3n) is 3.49. The lowest BCUT2D eigenvalue weighted by Crippen LogP contribution is -2.09. The number of hydrogen-bond acceptors (Lipinski definition) is 4. The summed E-state index contributed by atoms with van der Waals surface area (Å²) in [7, 11) is 1.49. The zero-order valence-corrected chi connectivity index (χ0v) is 12.0. The van der Waals surface area contributed by atoms with Crippen LogP contribution in [0.15, 0.2) is 59.2 Å². The van der Waals surface area contributed by atoms with Crippen molar-refractivity contribution in [1.29, 1.82) is 0 Å². The number of hydrogen-bond donors (Lipinski definition) is 0. The summed E-state index contributed by atoms with van der Waals surface area (Å²) < 4.78 is 10.5. The highest BCUT2D eigenvalue weighted by Gasteiger charge is 2.18. The van der Waals surface area contributed by atoms with Crippen molar-refractivity contribution in [3.8, 4) is 5.75 Å². The Kier molecular flexibility index (Phi) is 3.74. The lowest BCUT2D eigenvalue weighted by Gasteiger charge is -2.07. The van der Waals surface area contributed by atoms with Gasteiger partial charge >= 0.3 is 0 Å². The van der Waals surface area contributed by atoms with Gasteiger partial charge in [0.25, 0.3) is 0 Å². The number of ether oxygens (including phenoxy) is 1. The molecule has 4 nitrogen and oxygen atoms in total. The molecule has 22 heavy (non-hydrogen) atoms. The highest BCUT2D eigenvalue weighted by Crippen LogP contribution is 2.28. The molecule has 0 radical (unpaired) electrons. The van der Waals surface area contributed by atoms with Crippen LogP contribution < -0.4 is 4.74 Å². The number of ketones is 2. The zero-order valence-electron chi connectivity index (χ0n) is 12.0.